The normalized spacial score (nSPS) is 12.1. The number of hydrogen-bond acceptors (Lipinski definition) is 4. The van der Waals surface area contributed by atoms with Gasteiger partial charge in [0.1, 0.15) is 0 Å². The highest BCUT2D eigenvalue weighted by molar-refractivity contribution is 7.84. The van der Waals surface area contributed by atoms with Crippen molar-refractivity contribution in [1.29, 1.82) is 0 Å². The van der Waals surface area contributed by atoms with Gasteiger partial charge in [-0.2, -0.15) is 0 Å². The first kappa shape index (κ1) is 14.8. The van der Waals surface area contributed by atoms with Gasteiger partial charge in [-0.1, -0.05) is 6.07 Å². The Morgan fingerprint density at radius 1 is 1.44 bits per heavy atom. The van der Waals surface area contributed by atoms with Crippen molar-refractivity contribution >= 4 is 22.4 Å². The van der Waals surface area contributed by atoms with Crippen molar-refractivity contribution in [2.45, 2.75) is 4.90 Å². The number of ether oxygens (including phenoxy) is 1. The topological polar surface area (TPSA) is 67.4 Å². The van der Waals surface area contributed by atoms with Gasteiger partial charge in [0, 0.05) is 41.3 Å². The predicted octanol–water partition coefficient (Wildman–Crippen LogP) is 0.598. The van der Waals surface area contributed by atoms with Crippen LogP contribution in [0.3, 0.4) is 0 Å². The molecule has 1 amide bonds. The molecule has 0 bridgehead atoms. The Hall–Kier alpha value is -1.24. The fourth-order valence-electron chi connectivity index (χ4n) is 1.33. The Morgan fingerprint density at radius 3 is 2.89 bits per heavy atom. The van der Waals surface area contributed by atoms with Gasteiger partial charge in [-0.25, -0.2) is 0 Å². The summed E-state index contributed by atoms with van der Waals surface area (Å²) in [5, 5.41) is 5.68. The van der Waals surface area contributed by atoms with Crippen molar-refractivity contribution in [3.63, 3.8) is 0 Å². The minimum atomic E-state index is -1.05. The van der Waals surface area contributed by atoms with Gasteiger partial charge < -0.3 is 15.4 Å². The van der Waals surface area contributed by atoms with Gasteiger partial charge in [-0.15, -0.1) is 0 Å². The highest BCUT2D eigenvalue weighted by Gasteiger charge is 2.03. The van der Waals surface area contributed by atoms with Crippen LogP contribution in [0.1, 0.15) is 0 Å². The standard InChI is InChI=1S/C12H18N2O3S/c1-17-7-6-13-9-12(15)14-10-4-3-5-11(8-10)18(2)16/h3-5,8,13H,6-7,9H2,1-2H3,(H,14,15). The molecule has 0 aliphatic rings. The van der Waals surface area contributed by atoms with Gasteiger partial charge in [0.25, 0.3) is 0 Å². The number of benzene rings is 1. The fourth-order valence-corrected chi connectivity index (χ4v) is 1.90. The van der Waals surface area contributed by atoms with E-state index in [0.29, 0.717) is 23.7 Å². The summed E-state index contributed by atoms with van der Waals surface area (Å²) in [5.74, 6) is -0.134. The maximum Gasteiger partial charge on any atom is 0.238 e. The molecule has 0 heterocycles. The molecule has 0 saturated heterocycles. The zero-order valence-corrected chi connectivity index (χ0v) is 11.4. The number of anilines is 1. The van der Waals surface area contributed by atoms with Gasteiger partial charge >= 0.3 is 0 Å². The summed E-state index contributed by atoms with van der Waals surface area (Å²) >= 11 is 0. The molecule has 0 fully saturated rings. The number of nitrogens with one attached hydrogen (secondary N) is 2. The average Bonchev–Trinajstić information content (AvgIpc) is 2.35. The van der Waals surface area contributed by atoms with Crippen LogP contribution in [0, 0.1) is 0 Å². The molecule has 0 aliphatic heterocycles. The van der Waals surface area contributed by atoms with Crippen LogP contribution in [0.15, 0.2) is 29.2 Å². The van der Waals surface area contributed by atoms with E-state index < -0.39 is 10.8 Å². The van der Waals surface area contributed by atoms with Gasteiger partial charge in [-0.05, 0) is 18.2 Å². The zero-order chi connectivity index (χ0) is 13.4. The van der Waals surface area contributed by atoms with Gasteiger partial charge in [0.05, 0.1) is 13.2 Å². The fraction of sp³-hybridized carbons (Fsp3) is 0.417. The molecule has 1 atom stereocenters. The third-order valence-corrected chi connectivity index (χ3v) is 3.14. The predicted molar refractivity (Wildman–Crippen MR) is 72.1 cm³/mol. The first-order chi connectivity index (χ1) is 8.63. The summed E-state index contributed by atoms with van der Waals surface area (Å²) < 4.78 is 16.2. The second-order valence-electron chi connectivity index (χ2n) is 3.70. The molecule has 5 nitrogen and oxygen atoms in total. The second kappa shape index (κ2) is 7.97. The van der Waals surface area contributed by atoms with E-state index in [1.54, 1.807) is 37.6 Å². The number of carbonyl (C=O) groups is 1. The molecule has 0 radical (unpaired) electrons. The lowest BCUT2D eigenvalue weighted by atomic mass is 10.3. The SMILES string of the molecule is COCCNCC(=O)Nc1cccc(S(C)=O)c1. The zero-order valence-electron chi connectivity index (χ0n) is 10.6. The van der Waals surface area contributed by atoms with Crippen LogP contribution < -0.4 is 10.6 Å². The van der Waals surface area contributed by atoms with E-state index in [1.807, 2.05) is 0 Å². The summed E-state index contributed by atoms with van der Waals surface area (Å²) in [7, 11) is 0.564. The number of rotatable bonds is 7. The van der Waals surface area contributed by atoms with Crippen molar-refractivity contribution in [3.05, 3.63) is 24.3 Å². The molecule has 0 spiro atoms. The maximum atomic E-state index is 11.6. The largest absolute Gasteiger partial charge is 0.383 e. The van der Waals surface area contributed by atoms with Crippen molar-refractivity contribution in [1.82, 2.24) is 5.32 Å². The third kappa shape index (κ3) is 5.39. The Morgan fingerprint density at radius 2 is 2.22 bits per heavy atom. The van der Waals surface area contributed by atoms with E-state index in [2.05, 4.69) is 10.6 Å². The van der Waals surface area contributed by atoms with E-state index in [0.717, 1.165) is 0 Å². The van der Waals surface area contributed by atoms with E-state index in [1.165, 1.54) is 0 Å². The number of hydrogen-bond donors (Lipinski definition) is 2. The quantitative estimate of drug-likeness (QED) is 0.712. The summed E-state index contributed by atoms with van der Waals surface area (Å²) in [6.45, 7) is 1.42. The van der Waals surface area contributed by atoms with Crippen LogP contribution in [0.2, 0.25) is 0 Å². The summed E-state index contributed by atoms with van der Waals surface area (Å²) in [6, 6.07) is 7.01. The molecule has 6 heteroatoms. The Bertz CT molecular complexity index is 424. The summed E-state index contributed by atoms with van der Waals surface area (Å²) in [6.07, 6.45) is 1.60. The van der Waals surface area contributed by atoms with Gasteiger partial charge in [0.15, 0.2) is 0 Å². The molecule has 18 heavy (non-hydrogen) atoms. The lowest BCUT2D eigenvalue weighted by Crippen LogP contribution is -2.30. The minimum Gasteiger partial charge on any atom is -0.383 e. The Balaban J connectivity index is 2.44. The second-order valence-corrected chi connectivity index (χ2v) is 5.08. The molecule has 2 N–H and O–H groups in total. The van der Waals surface area contributed by atoms with Crippen LogP contribution in [0.4, 0.5) is 5.69 Å². The molecule has 1 unspecified atom stereocenters. The molecule has 1 aromatic carbocycles. The summed E-state index contributed by atoms with van der Waals surface area (Å²) in [4.78, 5) is 12.3. The van der Waals surface area contributed by atoms with Crippen LogP contribution in [-0.2, 0) is 20.3 Å². The Labute approximate surface area is 109 Å². The summed E-state index contributed by atoms with van der Waals surface area (Å²) in [5.41, 5.74) is 0.654. The minimum absolute atomic E-state index is 0.134. The third-order valence-electron chi connectivity index (χ3n) is 2.22. The van der Waals surface area contributed by atoms with E-state index >= 15 is 0 Å². The first-order valence-electron chi connectivity index (χ1n) is 5.56. The van der Waals surface area contributed by atoms with Crippen LogP contribution in [0.5, 0.6) is 0 Å². The van der Waals surface area contributed by atoms with Crippen molar-refractivity contribution in [3.8, 4) is 0 Å². The molecular formula is C12H18N2O3S. The van der Waals surface area contributed by atoms with E-state index in [9.17, 15) is 9.00 Å². The van der Waals surface area contributed by atoms with Crippen molar-refractivity contribution in [2.24, 2.45) is 0 Å². The lowest BCUT2D eigenvalue weighted by molar-refractivity contribution is -0.115. The van der Waals surface area contributed by atoms with Crippen LogP contribution >= 0.6 is 0 Å². The molecule has 100 valence electrons. The van der Waals surface area contributed by atoms with Gasteiger partial charge in [0.2, 0.25) is 5.91 Å². The van der Waals surface area contributed by atoms with E-state index in [-0.39, 0.29) is 12.5 Å². The number of methoxy groups -OCH3 is 1. The first-order valence-corrected chi connectivity index (χ1v) is 7.12. The molecule has 0 aromatic heterocycles. The van der Waals surface area contributed by atoms with Crippen LogP contribution in [-0.4, -0.2) is 43.2 Å². The van der Waals surface area contributed by atoms with Gasteiger partial charge in [-0.3, -0.25) is 9.00 Å². The van der Waals surface area contributed by atoms with Crippen molar-refractivity contribution < 1.29 is 13.7 Å². The monoisotopic (exact) mass is 270 g/mol. The van der Waals surface area contributed by atoms with Crippen molar-refractivity contribution in [2.75, 3.05) is 38.4 Å². The smallest absolute Gasteiger partial charge is 0.238 e. The number of carbonyl (C=O) groups excluding carboxylic acids is 1. The molecule has 0 aliphatic carbocycles. The average molecular weight is 270 g/mol. The highest BCUT2D eigenvalue weighted by Crippen LogP contribution is 2.12. The molecule has 0 saturated carbocycles. The molecule has 1 aromatic rings. The lowest BCUT2D eigenvalue weighted by Gasteiger charge is -2.07. The molecular weight excluding hydrogens is 252 g/mol. The van der Waals surface area contributed by atoms with E-state index in [4.69, 9.17) is 4.74 Å². The Kier molecular flexibility index (Phi) is 6.56. The molecule has 1 rings (SSSR count). The maximum absolute atomic E-state index is 11.6. The highest BCUT2D eigenvalue weighted by atomic mass is 32.2. The van der Waals surface area contributed by atoms with Crippen LogP contribution in [0.25, 0.3) is 0 Å². The number of amides is 1.